The third kappa shape index (κ3) is 4.27. The van der Waals surface area contributed by atoms with Gasteiger partial charge < -0.3 is 4.57 Å². The molecule has 0 atom stereocenters. The summed E-state index contributed by atoms with van der Waals surface area (Å²) in [5, 5.41) is 10.2. The summed E-state index contributed by atoms with van der Waals surface area (Å²) >= 11 is 0. The number of rotatable bonds is 2. The molecule has 0 saturated carbocycles. The predicted molar refractivity (Wildman–Crippen MR) is 126 cm³/mol. The van der Waals surface area contributed by atoms with E-state index in [0.29, 0.717) is 33.5 Å². The number of aryl methyl sites for hydroxylation is 2. The van der Waals surface area contributed by atoms with Crippen molar-refractivity contribution in [2.75, 3.05) is 0 Å². The lowest BCUT2D eigenvalue weighted by molar-refractivity contribution is -0.138. The molecule has 3 aromatic carbocycles. The molecule has 37 heavy (non-hydrogen) atoms. The van der Waals surface area contributed by atoms with E-state index in [4.69, 9.17) is 0 Å². The molecule has 0 N–H and O–H groups in total. The first-order valence-corrected chi connectivity index (χ1v) is 11.0. The average molecular weight is 510 g/mol. The fraction of sp³-hybridized carbons (Fsp3) is 0.148. The minimum Gasteiger partial charge on any atom is -0.308 e. The molecule has 0 saturated heterocycles. The SMILES string of the molecule is Cc1cc(-c2ccc(C#N)cc2-n2c3cc(C(F)(F)F)ccc3c3ccc(C(F)(F)F)cc32)nc(C)n1. The number of benzene rings is 3. The van der Waals surface area contributed by atoms with Crippen LogP contribution in [0, 0.1) is 25.2 Å². The van der Waals surface area contributed by atoms with Crippen LogP contribution in [0.5, 0.6) is 0 Å². The summed E-state index contributed by atoms with van der Waals surface area (Å²) in [5.41, 5.74) is 0.0356. The number of alkyl halides is 6. The molecule has 0 unspecified atom stereocenters. The van der Waals surface area contributed by atoms with Crippen molar-refractivity contribution >= 4 is 21.8 Å². The van der Waals surface area contributed by atoms with Crippen molar-refractivity contribution in [1.29, 1.82) is 5.26 Å². The van der Waals surface area contributed by atoms with Crippen LogP contribution in [0.15, 0.2) is 60.7 Å². The maximum atomic E-state index is 13.7. The minimum absolute atomic E-state index is 0.0444. The van der Waals surface area contributed by atoms with Crippen LogP contribution in [-0.2, 0) is 12.4 Å². The van der Waals surface area contributed by atoms with Gasteiger partial charge in [-0.2, -0.15) is 31.6 Å². The van der Waals surface area contributed by atoms with Gasteiger partial charge in [0.25, 0.3) is 0 Å². The Hall–Kier alpha value is -4.39. The summed E-state index contributed by atoms with van der Waals surface area (Å²) in [6.07, 6.45) is -9.35. The molecule has 0 amide bonds. The van der Waals surface area contributed by atoms with Gasteiger partial charge in [0.1, 0.15) is 5.82 Å². The molecular weight excluding hydrogens is 494 g/mol. The molecule has 2 heterocycles. The van der Waals surface area contributed by atoms with Gasteiger partial charge in [-0.05, 0) is 62.4 Å². The lowest BCUT2D eigenvalue weighted by Crippen LogP contribution is -2.06. The summed E-state index contributed by atoms with van der Waals surface area (Å²) in [6.45, 7) is 3.42. The number of aromatic nitrogens is 3. The highest BCUT2D eigenvalue weighted by Crippen LogP contribution is 2.41. The van der Waals surface area contributed by atoms with Gasteiger partial charge in [-0.3, -0.25) is 0 Å². The molecule has 0 aliphatic carbocycles. The largest absolute Gasteiger partial charge is 0.416 e. The third-order valence-electron chi connectivity index (χ3n) is 6.03. The summed E-state index contributed by atoms with van der Waals surface area (Å²) in [6, 6.07) is 14.3. The highest BCUT2D eigenvalue weighted by Gasteiger charge is 2.33. The summed E-state index contributed by atoms with van der Waals surface area (Å²) < 4.78 is 83.3. The summed E-state index contributed by atoms with van der Waals surface area (Å²) in [7, 11) is 0. The third-order valence-corrected chi connectivity index (χ3v) is 6.03. The number of nitriles is 1. The maximum Gasteiger partial charge on any atom is 0.416 e. The number of fused-ring (bicyclic) bond motifs is 3. The molecule has 0 aliphatic rings. The molecule has 4 nitrogen and oxygen atoms in total. The Balaban J connectivity index is 1.97. The normalized spacial score (nSPS) is 12.3. The van der Waals surface area contributed by atoms with E-state index >= 15 is 0 Å². The zero-order valence-electron chi connectivity index (χ0n) is 19.3. The fourth-order valence-electron chi connectivity index (χ4n) is 4.49. The average Bonchev–Trinajstić information content (AvgIpc) is 3.15. The number of hydrogen-bond acceptors (Lipinski definition) is 3. The molecule has 2 aromatic heterocycles. The van der Waals surface area contributed by atoms with E-state index in [9.17, 15) is 31.6 Å². The van der Waals surface area contributed by atoms with Gasteiger partial charge in [0.2, 0.25) is 0 Å². The second-order valence-corrected chi connectivity index (χ2v) is 8.58. The van der Waals surface area contributed by atoms with Crippen LogP contribution in [0.3, 0.4) is 0 Å². The number of nitrogens with zero attached hydrogens (tertiary/aromatic N) is 4. The van der Waals surface area contributed by atoms with Gasteiger partial charge in [0.05, 0.1) is 45.2 Å². The second kappa shape index (κ2) is 8.34. The monoisotopic (exact) mass is 510 g/mol. The minimum atomic E-state index is -4.68. The van der Waals surface area contributed by atoms with E-state index in [-0.39, 0.29) is 22.3 Å². The molecule has 5 aromatic rings. The van der Waals surface area contributed by atoms with Gasteiger partial charge in [0.15, 0.2) is 0 Å². The van der Waals surface area contributed by atoms with E-state index in [1.807, 2.05) is 6.07 Å². The zero-order chi connectivity index (χ0) is 26.7. The van der Waals surface area contributed by atoms with Crippen LogP contribution in [0.2, 0.25) is 0 Å². The molecule has 0 spiro atoms. The van der Waals surface area contributed by atoms with Crippen molar-refractivity contribution in [2.45, 2.75) is 26.2 Å². The molecule has 0 fully saturated rings. The predicted octanol–water partition coefficient (Wildman–Crippen LogP) is 7.77. The van der Waals surface area contributed by atoms with Crippen LogP contribution < -0.4 is 0 Å². The van der Waals surface area contributed by atoms with Crippen molar-refractivity contribution in [2.24, 2.45) is 0 Å². The van der Waals surface area contributed by atoms with E-state index < -0.39 is 23.5 Å². The molecular formula is C27H16F6N4. The topological polar surface area (TPSA) is 54.5 Å². The standard InChI is InChI=1S/C27H16F6N4/c1-14-9-22(36-15(2)35-14)21-6-3-16(13-34)10-23(21)37-24-11-17(26(28,29)30)4-7-19(24)20-8-5-18(12-25(20)37)27(31,32)33/h3-12H,1-2H3. The van der Waals surface area contributed by atoms with Gasteiger partial charge in [-0.25, -0.2) is 9.97 Å². The smallest absolute Gasteiger partial charge is 0.308 e. The Morgan fingerprint density at radius 1 is 0.730 bits per heavy atom. The Bertz CT molecular complexity index is 1650. The number of halogens is 6. The summed E-state index contributed by atoms with van der Waals surface area (Å²) in [4.78, 5) is 8.68. The highest BCUT2D eigenvalue weighted by molar-refractivity contribution is 6.10. The molecule has 0 aliphatic heterocycles. The zero-order valence-corrected chi connectivity index (χ0v) is 19.3. The molecule has 10 heteroatoms. The maximum absolute atomic E-state index is 13.7. The van der Waals surface area contributed by atoms with Crippen LogP contribution in [-0.4, -0.2) is 14.5 Å². The molecule has 5 rings (SSSR count). The van der Waals surface area contributed by atoms with Crippen LogP contribution in [0.4, 0.5) is 26.3 Å². The van der Waals surface area contributed by atoms with Crippen LogP contribution >= 0.6 is 0 Å². The summed E-state index contributed by atoms with van der Waals surface area (Å²) in [5.74, 6) is 0.436. The van der Waals surface area contributed by atoms with Crippen molar-refractivity contribution < 1.29 is 26.3 Å². The highest BCUT2D eigenvalue weighted by atomic mass is 19.4. The Morgan fingerprint density at radius 2 is 1.30 bits per heavy atom. The lowest BCUT2D eigenvalue weighted by Gasteiger charge is -2.16. The van der Waals surface area contributed by atoms with E-state index in [0.717, 1.165) is 24.3 Å². The van der Waals surface area contributed by atoms with Gasteiger partial charge in [-0.15, -0.1) is 0 Å². The Kier molecular flexibility index (Phi) is 5.48. The number of hydrogen-bond donors (Lipinski definition) is 0. The second-order valence-electron chi connectivity index (χ2n) is 8.58. The van der Waals surface area contributed by atoms with Crippen LogP contribution in [0.1, 0.15) is 28.2 Å². The van der Waals surface area contributed by atoms with Crippen molar-refractivity contribution in [3.8, 4) is 23.0 Å². The Morgan fingerprint density at radius 3 is 1.78 bits per heavy atom. The van der Waals surface area contributed by atoms with Gasteiger partial charge >= 0.3 is 12.4 Å². The van der Waals surface area contributed by atoms with Crippen molar-refractivity contribution in [3.63, 3.8) is 0 Å². The first kappa shape index (κ1) is 24.3. The molecule has 0 bridgehead atoms. The Labute approximate surface area is 206 Å². The fourth-order valence-corrected chi connectivity index (χ4v) is 4.49. The van der Waals surface area contributed by atoms with E-state index in [1.54, 1.807) is 26.0 Å². The van der Waals surface area contributed by atoms with E-state index in [2.05, 4.69) is 9.97 Å². The van der Waals surface area contributed by atoms with Gasteiger partial charge in [0, 0.05) is 22.0 Å². The lowest BCUT2D eigenvalue weighted by atomic mass is 10.0. The first-order valence-electron chi connectivity index (χ1n) is 11.0. The van der Waals surface area contributed by atoms with Gasteiger partial charge in [-0.1, -0.05) is 12.1 Å². The van der Waals surface area contributed by atoms with Crippen molar-refractivity contribution in [3.05, 3.63) is 88.9 Å². The molecule has 186 valence electrons. The molecule has 0 radical (unpaired) electrons. The quantitative estimate of drug-likeness (QED) is 0.228. The van der Waals surface area contributed by atoms with Crippen LogP contribution in [0.25, 0.3) is 38.8 Å². The van der Waals surface area contributed by atoms with E-state index in [1.165, 1.54) is 28.8 Å². The first-order chi connectivity index (χ1) is 17.4. The van der Waals surface area contributed by atoms with Crippen molar-refractivity contribution in [1.82, 2.24) is 14.5 Å².